The topological polar surface area (TPSA) is 42.7 Å². The van der Waals surface area contributed by atoms with Crippen LogP contribution in [-0.4, -0.2) is 26.8 Å². The molecule has 1 atom stereocenters. The van der Waals surface area contributed by atoms with E-state index < -0.39 is 0 Å². The van der Waals surface area contributed by atoms with E-state index in [9.17, 15) is 0 Å². The van der Waals surface area contributed by atoms with Gasteiger partial charge in [-0.2, -0.15) is 5.10 Å². The summed E-state index contributed by atoms with van der Waals surface area (Å²) in [4.78, 5) is 4.43. The molecule has 0 aliphatic rings. The van der Waals surface area contributed by atoms with Crippen LogP contribution >= 0.6 is 0 Å². The second-order valence-corrected chi connectivity index (χ2v) is 6.21. The molecule has 0 saturated heterocycles. The van der Waals surface area contributed by atoms with E-state index in [1.165, 1.54) is 5.56 Å². The van der Waals surface area contributed by atoms with E-state index in [4.69, 9.17) is 0 Å². The van der Waals surface area contributed by atoms with Crippen LogP contribution in [-0.2, 0) is 0 Å². The zero-order valence-electron chi connectivity index (χ0n) is 13.0. The molecule has 4 nitrogen and oxygen atoms in total. The van der Waals surface area contributed by atoms with E-state index >= 15 is 0 Å². The minimum Gasteiger partial charge on any atom is -0.310 e. The van der Waals surface area contributed by atoms with Gasteiger partial charge in [-0.15, -0.1) is 0 Å². The van der Waals surface area contributed by atoms with Crippen molar-refractivity contribution in [1.29, 1.82) is 0 Å². The van der Waals surface area contributed by atoms with E-state index in [1.807, 2.05) is 24.6 Å². The van der Waals surface area contributed by atoms with Crippen LogP contribution in [0.4, 0.5) is 0 Å². The molecule has 2 rings (SSSR count). The van der Waals surface area contributed by atoms with E-state index in [1.54, 1.807) is 0 Å². The lowest BCUT2D eigenvalue weighted by molar-refractivity contribution is 0.374. The lowest BCUT2D eigenvalue weighted by Crippen LogP contribution is -2.40. The highest BCUT2D eigenvalue weighted by molar-refractivity contribution is 5.20. The number of aromatic nitrogens is 3. The normalized spacial score (nSPS) is 13.4. The Labute approximate surface area is 121 Å². The van der Waals surface area contributed by atoms with Crippen LogP contribution in [0.1, 0.15) is 44.0 Å². The fourth-order valence-electron chi connectivity index (χ4n) is 2.25. The summed E-state index contributed by atoms with van der Waals surface area (Å²) in [6.07, 6.45) is 0. The highest BCUT2D eigenvalue weighted by Gasteiger charge is 2.20. The molecule has 0 radical (unpaired) electrons. The third-order valence-electron chi connectivity index (χ3n) is 3.21. The van der Waals surface area contributed by atoms with Crippen LogP contribution in [0.2, 0.25) is 0 Å². The van der Waals surface area contributed by atoms with Gasteiger partial charge in [0.2, 0.25) is 0 Å². The Morgan fingerprint density at radius 2 is 1.80 bits per heavy atom. The van der Waals surface area contributed by atoms with Gasteiger partial charge in [0.05, 0.1) is 6.04 Å². The number of hydrogen-bond acceptors (Lipinski definition) is 3. The standard InChI is InChI=1S/C16H24N4/c1-12-18-13(2)20(19-12)15(11-17-16(3,4)5)14-9-7-6-8-10-14/h6-10,15,17H,11H2,1-5H3. The molecule has 108 valence electrons. The van der Waals surface area contributed by atoms with Crippen molar-refractivity contribution in [1.82, 2.24) is 20.1 Å². The summed E-state index contributed by atoms with van der Waals surface area (Å²) in [6, 6.07) is 10.6. The average Bonchev–Trinajstić information content (AvgIpc) is 2.69. The van der Waals surface area contributed by atoms with Gasteiger partial charge in [0, 0.05) is 12.1 Å². The molecule has 1 aromatic heterocycles. The Balaban J connectivity index is 2.32. The number of hydrogen-bond donors (Lipinski definition) is 1. The molecule has 0 amide bonds. The molecular formula is C16H24N4. The Bertz CT molecular complexity index is 552. The van der Waals surface area contributed by atoms with Crippen LogP contribution in [0.25, 0.3) is 0 Å². The lowest BCUT2D eigenvalue weighted by atomic mass is 10.0. The monoisotopic (exact) mass is 272 g/mol. The van der Waals surface area contributed by atoms with Crippen molar-refractivity contribution < 1.29 is 0 Å². The van der Waals surface area contributed by atoms with Gasteiger partial charge in [0.15, 0.2) is 0 Å². The fraction of sp³-hybridized carbons (Fsp3) is 0.500. The number of rotatable bonds is 4. The molecule has 1 N–H and O–H groups in total. The Hall–Kier alpha value is -1.68. The molecule has 2 aromatic rings. The van der Waals surface area contributed by atoms with Gasteiger partial charge in [-0.3, -0.25) is 0 Å². The first-order valence-corrected chi connectivity index (χ1v) is 7.06. The number of nitrogens with one attached hydrogen (secondary N) is 1. The van der Waals surface area contributed by atoms with Crippen LogP contribution < -0.4 is 5.32 Å². The van der Waals surface area contributed by atoms with Crippen molar-refractivity contribution >= 4 is 0 Å². The second-order valence-electron chi connectivity index (χ2n) is 6.21. The number of nitrogens with zero attached hydrogens (tertiary/aromatic N) is 3. The maximum Gasteiger partial charge on any atom is 0.147 e. The third-order valence-corrected chi connectivity index (χ3v) is 3.21. The predicted octanol–water partition coefficient (Wildman–Crippen LogP) is 2.87. The maximum absolute atomic E-state index is 4.55. The molecule has 0 aliphatic carbocycles. The third kappa shape index (κ3) is 3.67. The Morgan fingerprint density at radius 3 is 2.30 bits per heavy atom. The summed E-state index contributed by atoms with van der Waals surface area (Å²) in [6.45, 7) is 11.3. The van der Waals surface area contributed by atoms with Crippen molar-refractivity contribution in [3.8, 4) is 0 Å². The van der Waals surface area contributed by atoms with Gasteiger partial charge in [-0.25, -0.2) is 9.67 Å². The van der Waals surface area contributed by atoms with Crippen LogP contribution in [0, 0.1) is 13.8 Å². The molecule has 20 heavy (non-hydrogen) atoms. The molecule has 1 unspecified atom stereocenters. The van der Waals surface area contributed by atoms with Crippen LogP contribution in [0.5, 0.6) is 0 Å². The fourth-order valence-corrected chi connectivity index (χ4v) is 2.25. The highest BCUT2D eigenvalue weighted by atomic mass is 15.4. The molecule has 0 aliphatic heterocycles. The van der Waals surface area contributed by atoms with Gasteiger partial charge in [-0.05, 0) is 40.2 Å². The first-order chi connectivity index (χ1) is 9.37. The summed E-state index contributed by atoms with van der Waals surface area (Å²) in [5, 5.41) is 8.12. The van der Waals surface area contributed by atoms with Gasteiger partial charge < -0.3 is 5.32 Å². The summed E-state index contributed by atoms with van der Waals surface area (Å²) in [7, 11) is 0. The summed E-state index contributed by atoms with van der Waals surface area (Å²) in [5.74, 6) is 1.77. The van der Waals surface area contributed by atoms with Gasteiger partial charge in [0.1, 0.15) is 11.6 Å². The molecule has 0 bridgehead atoms. The van der Waals surface area contributed by atoms with Crippen molar-refractivity contribution in [3.05, 3.63) is 47.5 Å². The van der Waals surface area contributed by atoms with E-state index in [0.717, 1.165) is 18.2 Å². The SMILES string of the molecule is Cc1nc(C)n(C(CNC(C)(C)C)c2ccccc2)n1. The largest absolute Gasteiger partial charge is 0.310 e. The first-order valence-electron chi connectivity index (χ1n) is 7.06. The molecular weight excluding hydrogens is 248 g/mol. The van der Waals surface area contributed by atoms with Crippen molar-refractivity contribution in [2.75, 3.05) is 6.54 Å². The molecule has 1 aromatic carbocycles. The van der Waals surface area contributed by atoms with Gasteiger partial charge >= 0.3 is 0 Å². The smallest absolute Gasteiger partial charge is 0.147 e. The summed E-state index contributed by atoms with van der Waals surface area (Å²) < 4.78 is 2.02. The van der Waals surface area contributed by atoms with Crippen molar-refractivity contribution in [3.63, 3.8) is 0 Å². The van der Waals surface area contributed by atoms with E-state index in [2.05, 4.69) is 60.4 Å². The molecule has 1 heterocycles. The maximum atomic E-state index is 4.55. The summed E-state index contributed by atoms with van der Waals surface area (Å²) >= 11 is 0. The average molecular weight is 272 g/mol. The highest BCUT2D eigenvalue weighted by Crippen LogP contribution is 2.19. The van der Waals surface area contributed by atoms with Crippen LogP contribution in [0.3, 0.4) is 0 Å². The predicted molar refractivity (Wildman–Crippen MR) is 81.8 cm³/mol. The number of benzene rings is 1. The molecule has 0 fully saturated rings. The molecule has 0 spiro atoms. The van der Waals surface area contributed by atoms with Gasteiger partial charge in [-0.1, -0.05) is 30.3 Å². The molecule has 0 saturated carbocycles. The Morgan fingerprint density at radius 1 is 1.15 bits per heavy atom. The number of aryl methyl sites for hydroxylation is 2. The minimum atomic E-state index is 0.0799. The zero-order valence-corrected chi connectivity index (χ0v) is 13.0. The second kappa shape index (κ2) is 5.75. The van der Waals surface area contributed by atoms with Crippen LogP contribution in [0.15, 0.2) is 30.3 Å². The summed E-state index contributed by atoms with van der Waals surface area (Å²) in [5.41, 5.74) is 1.33. The van der Waals surface area contributed by atoms with Crippen molar-refractivity contribution in [2.24, 2.45) is 0 Å². The lowest BCUT2D eigenvalue weighted by Gasteiger charge is -2.26. The zero-order chi connectivity index (χ0) is 14.8. The first kappa shape index (κ1) is 14.7. The minimum absolute atomic E-state index is 0.0799. The molecule has 4 heteroatoms. The van der Waals surface area contributed by atoms with E-state index in [0.29, 0.717) is 0 Å². The Kier molecular flexibility index (Phi) is 4.23. The van der Waals surface area contributed by atoms with Crippen molar-refractivity contribution in [2.45, 2.75) is 46.2 Å². The van der Waals surface area contributed by atoms with Gasteiger partial charge in [0.25, 0.3) is 0 Å². The quantitative estimate of drug-likeness (QED) is 0.930. The van der Waals surface area contributed by atoms with E-state index in [-0.39, 0.29) is 11.6 Å².